The fourth-order valence-corrected chi connectivity index (χ4v) is 3.27. The van der Waals surface area contributed by atoms with E-state index in [0.29, 0.717) is 5.41 Å². The van der Waals surface area contributed by atoms with Crippen LogP contribution in [0.2, 0.25) is 0 Å². The summed E-state index contributed by atoms with van der Waals surface area (Å²) < 4.78 is 0. The van der Waals surface area contributed by atoms with Gasteiger partial charge in [-0.05, 0) is 5.92 Å². The zero-order valence-corrected chi connectivity index (χ0v) is 9.87. The van der Waals surface area contributed by atoms with Gasteiger partial charge in [0.15, 0.2) is 0 Å². The Morgan fingerprint density at radius 2 is 2.33 bits per heavy atom. The van der Waals surface area contributed by atoms with Gasteiger partial charge in [-0.1, -0.05) is 38.0 Å². The van der Waals surface area contributed by atoms with Crippen LogP contribution in [0.15, 0.2) is 17.4 Å². The Balaban J connectivity index is 0.000000563. The monoisotopic (exact) mass is 338 g/mol. The Morgan fingerprint density at radius 3 is 2.83 bits per heavy atom. The van der Waals surface area contributed by atoms with Crippen LogP contribution in [0.5, 0.6) is 0 Å². The van der Waals surface area contributed by atoms with Crippen LogP contribution in [0.3, 0.4) is 0 Å². The van der Waals surface area contributed by atoms with E-state index in [1.165, 1.54) is 12.8 Å². The molecule has 67 valence electrons. The molecule has 0 saturated heterocycles. The minimum atomic E-state index is 0. The van der Waals surface area contributed by atoms with E-state index in [9.17, 15) is 0 Å². The van der Waals surface area contributed by atoms with Gasteiger partial charge in [-0.3, -0.25) is 0 Å². The predicted octanol–water partition coefficient (Wildman–Crippen LogP) is 2.72. The maximum Gasteiger partial charge on any atom is 0 e. The van der Waals surface area contributed by atoms with E-state index >= 15 is 0 Å². The molecule has 0 amide bonds. The van der Waals surface area contributed by atoms with Crippen LogP contribution < -0.4 is 0 Å². The Morgan fingerprint density at radius 1 is 1.58 bits per heavy atom. The van der Waals surface area contributed by atoms with Crippen LogP contribution in [0.4, 0.5) is 0 Å². The molecule has 0 heterocycles. The van der Waals surface area contributed by atoms with Crippen LogP contribution in [-0.2, 0) is 20.1 Å². The van der Waals surface area contributed by atoms with E-state index < -0.39 is 0 Å². The first-order chi connectivity index (χ1) is 5.25. The van der Waals surface area contributed by atoms with Crippen molar-refractivity contribution >= 4 is 0 Å². The molecule has 1 spiro atoms. The summed E-state index contributed by atoms with van der Waals surface area (Å²) in [6.45, 7) is 4.71. The van der Waals surface area contributed by atoms with E-state index in [-0.39, 0.29) is 20.1 Å². The van der Waals surface area contributed by atoms with Gasteiger partial charge in [-0.25, -0.2) is 12.0 Å². The summed E-state index contributed by atoms with van der Waals surface area (Å²) in [5.41, 5.74) is 5.63. The summed E-state index contributed by atoms with van der Waals surface area (Å²) in [4.78, 5) is 0. The van der Waals surface area contributed by atoms with E-state index in [2.05, 4.69) is 25.7 Å². The summed E-state index contributed by atoms with van der Waals surface area (Å²) in [7, 11) is 0. The molecule has 2 saturated carbocycles. The Hall–Kier alpha value is 0.0394. The zero-order valence-electron chi connectivity index (χ0n) is 7.48. The second-order valence-electron chi connectivity index (χ2n) is 4.41. The van der Waals surface area contributed by atoms with E-state index in [1.54, 1.807) is 11.5 Å². The van der Waals surface area contributed by atoms with Gasteiger partial charge in [0.1, 0.15) is 0 Å². The molecule has 3 rings (SSSR count). The second-order valence-corrected chi connectivity index (χ2v) is 4.41. The first-order valence-corrected chi connectivity index (χ1v) is 4.58. The minimum absolute atomic E-state index is 0. The quantitative estimate of drug-likeness (QED) is 0.471. The average Bonchev–Trinajstić information content (AvgIpc) is 2.19. The number of hydrogen-bond acceptors (Lipinski definition) is 0. The molecule has 3 unspecified atom stereocenters. The van der Waals surface area contributed by atoms with E-state index in [4.69, 9.17) is 0 Å². The first-order valence-electron chi connectivity index (χ1n) is 4.58. The van der Waals surface area contributed by atoms with Gasteiger partial charge in [-0.15, -0.1) is 5.57 Å². The van der Waals surface area contributed by atoms with E-state index in [1.807, 2.05) is 0 Å². The third kappa shape index (κ3) is 0.632. The minimum Gasteiger partial charge on any atom is -0.350 e. The van der Waals surface area contributed by atoms with Crippen LogP contribution in [0.25, 0.3) is 0 Å². The summed E-state index contributed by atoms with van der Waals surface area (Å²) in [5, 5.41) is 0. The van der Waals surface area contributed by atoms with Crippen molar-refractivity contribution in [3.63, 3.8) is 0 Å². The van der Waals surface area contributed by atoms with Crippen LogP contribution in [-0.4, -0.2) is 0 Å². The van der Waals surface area contributed by atoms with Crippen LogP contribution in [0.1, 0.15) is 26.7 Å². The molecular weight excluding hydrogens is 324 g/mol. The fraction of sp³-hybridized carbons (Fsp3) is 0.636. The van der Waals surface area contributed by atoms with Crippen molar-refractivity contribution in [1.29, 1.82) is 0 Å². The molecule has 0 aromatic carbocycles. The first kappa shape index (κ1) is 8.63. The Labute approximate surface area is 87.5 Å². The Bertz CT molecular complexity index is 285. The molecule has 0 N–H and O–H groups in total. The summed E-state index contributed by atoms with van der Waals surface area (Å²) >= 11 is 0. The average molecular weight is 337 g/mol. The fourth-order valence-electron chi connectivity index (χ4n) is 3.27. The zero-order chi connectivity index (χ0) is 7.64. The van der Waals surface area contributed by atoms with Gasteiger partial charge in [-0.2, -0.15) is 0 Å². The summed E-state index contributed by atoms with van der Waals surface area (Å²) in [6, 6.07) is 0. The van der Waals surface area contributed by atoms with Crippen LogP contribution in [0, 0.1) is 23.2 Å². The predicted molar refractivity (Wildman–Crippen MR) is 44.8 cm³/mol. The van der Waals surface area contributed by atoms with Crippen molar-refractivity contribution in [2.75, 3.05) is 0 Å². The summed E-state index contributed by atoms with van der Waals surface area (Å²) in [5.74, 6) is 3.42. The number of hydrogen-bond donors (Lipinski definition) is 0. The second kappa shape index (κ2) is 2.29. The van der Waals surface area contributed by atoms with Crippen molar-refractivity contribution in [2.24, 2.45) is 17.3 Å². The van der Waals surface area contributed by atoms with Crippen LogP contribution >= 0.6 is 0 Å². The van der Waals surface area contributed by atoms with Crippen molar-refractivity contribution < 1.29 is 20.1 Å². The molecule has 0 nitrogen and oxygen atoms in total. The van der Waals surface area contributed by atoms with E-state index in [0.717, 1.165) is 11.8 Å². The largest absolute Gasteiger partial charge is 0.350 e. The molecule has 0 aromatic heterocycles. The Kier molecular flexibility index (Phi) is 1.65. The van der Waals surface area contributed by atoms with Crippen molar-refractivity contribution in [1.82, 2.24) is 0 Å². The molecule has 3 atom stereocenters. The summed E-state index contributed by atoms with van der Waals surface area (Å²) in [6.07, 6.45) is 4.99. The third-order valence-electron chi connectivity index (χ3n) is 3.94. The van der Waals surface area contributed by atoms with Gasteiger partial charge in [0.2, 0.25) is 0 Å². The molecule has 1 radical (unpaired) electrons. The smallest absolute Gasteiger partial charge is 0 e. The molecule has 0 aromatic rings. The molecule has 1 heteroatoms. The van der Waals surface area contributed by atoms with Crippen molar-refractivity contribution in [2.45, 2.75) is 26.7 Å². The molecule has 3 aliphatic rings. The molecular formula is C11H13Ir-. The molecule has 12 heavy (non-hydrogen) atoms. The SMILES string of the molecule is CC1CC23C1=C=C[C-]2CC3C.[Ir]. The topological polar surface area (TPSA) is 0 Å². The molecule has 3 aliphatic carbocycles. The maximum atomic E-state index is 3.44. The number of allylic oxidation sites excluding steroid dienone is 1. The normalized spacial score (nSPS) is 46.5. The third-order valence-corrected chi connectivity index (χ3v) is 3.94. The van der Waals surface area contributed by atoms with Gasteiger partial charge in [0, 0.05) is 20.1 Å². The van der Waals surface area contributed by atoms with Crippen molar-refractivity contribution in [3.05, 3.63) is 23.3 Å². The van der Waals surface area contributed by atoms with Gasteiger partial charge in [0.05, 0.1) is 0 Å². The maximum absolute atomic E-state index is 3.44. The van der Waals surface area contributed by atoms with Gasteiger partial charge >= 0.3 is 0 Å². The van der Waals surface area contributed by atoms with Gasteiger partial charge in [0.25, 0.3) is 0 Å². The van der Waals surface area contributed by atoms with Crippen molar-refractivity contribution in [3.8, 4) is 0 Å². The molecule has 2 fully saturated rings. The standard InChI is InChI=1S/C11H13.Ir/c1-7-6-11-8(2)5-9(11)3-4-10(7)11;/h3,7-8H,5-6H2,1-2H3;/q-1;. The molecule has 0 bridgehead atoms. The molecule has 0 aliphatic heterocycles. The van der Waals surface area contributed by atoms with Gasteiger partial charge < -0.3 is 5.73 Å². The number of rotatable bonds is 0.